The molecule has 0 aliphatic heterocycles. The van der Waals surface area contributed by atoms with Crippen LogP contribution in [-0.2, 0) is 0 Å². The van der Waals surface area contributed by atoms with Gasteiger partial charge >= 0.3 is 5.82 Å². The molecule has 0 unspecified atom stereocenters. The van der Waals surface area contributed by atoms with Crippen LogP contribution in [0.5, 0.6) is 0 Å². The standard InChI is InChI=1S/C8H5O3/c1-5-2-3-6-7(4-5)11-8(9)10-6/h2-3H,1H3. The van der Waals surface area contributed by atoms with E-state index in [1.165, 1.54) is 0 Å². The quantitative estimate of drug-likeness (QED) is 0.570. The Balaban J connectivity index is 2.92. The topological polar surface area (TPSA) is 43.4 Å². The molecule has 0 amide bonds. The van der Waals surface area contributed by atoms with Crippen molar-refractivity contribution < 1.29 is 8.83 Å². The molecule has 0 bridgehead atoms. The Morgan fingerprint density at radius 3 is 3.00 bits per heavy atom. The summed E-state index contributed by atoms with van der Waals surface area (Å²) in [5, 5.41) is 0. The molecule has 1 aromatic heterocycles. The average Bonchev–Trinajstić information content (AvgIpc) is 2.27. The van der Waals surface area contributed by atoms with Crippen molar-refractivity contribution in [2.24, 2.45) is 0 Å². The predicted octanol–water partition coefficient (Wildman–Crippen LogP) is 1.49. The summed E-state index contributed by atoms with van der Waals surface area (Å²) in [7, 11) is 0. The molecule has 1 heterocycles. The van der Waals surface area contributed by atoms with Crippen LogP contribution in [0.4, 0.5) is 0 Å². The van der Waals surface area contributed by atoms with Crippen molar-refractivity contribution in [3.63, 3.8) is 0 Å². The lowest BCUT2D eigenvalue weighted by atomic mass is 10.2. The highest BCUT2D eigenvalue weighted by molar-refractivity contribution is 5.69. The van der Waals surface area contributed by atoms with Gasteiger partial charge in [0, 0.05) is 6.07 Å². The Morgan fingerprint density at radius 1 is 1.36 bits per heavy atom. The number of rotatable bonds is 0. The van der Waals surface area contributed by atoms with Crippen molar-refractivity contribution in [2.75, 3.05) is 0 Å². The molecule has 2 rings (SSSR count). The van der Waals surface area contributed by atoms with Crippen LogP contribution in [-0.4, -0.2) is 0 Å². The van der Waals surface area contributed by atoms with Crippen LogP contribution < -0.4 is 5.82 Å². The summed E-state index contributed by atoms with van der Waals surface area (Å²) in [5.74, 6) is -0.679. The molecule has 0 spiro atoms. The van der Waals surface area contributed by atoms with Gasteiger partial charge in [-0.25, -0.2) is 4.79 Å². The number of fused-ring (bicyclic) bond motifs is 1. The Hall–Kier alpha value is -1.51. The monoisotopic (exact) mass is 149 g/mol. The largest absolute Gasteiger partial charge is 0.519 e. The van der Waals surface area contributed by atoms with Crippen molar-refractivity contribution >= 4 is 11.2 Å². The summed E-state index contributed by atoms with van der Waals surface area (Å²) in [4.78, 5) is 10.5. The van der Waals surface area contributed by atoms with E-state index in [0.29, 0.717) is 11.2 Å². The summed E-state index contributed by atoms with van der Waals surface area (Å²) in [6.45, 7) is 1.87. The van der Waals surface area contributed by atoms with Crippen LogP contribution in [0.15, 0.2) is 25.8 Å². The van der Waals surface area contributed by atoms with Crippen molar-refractivity contribution in [1.82, 2.24) is 0 Å². The first-order valence-corrected chi connectivity index (χ1v) is 3.18. The van der Waals surface area contributed by atoms with E-state index in [4.69, 9.17) is 0 Å². The maximum Gasteiger partial charge on any atom is 0.519 e. The molecule has 1 radical (unpaired) electrons. The highest BCUT2D eigenvalue weighted by Gasteiger charge is 2.01. The van der Waals surface area contributed by atoms with Crippen LogP contribution in [0.1, 0.15) is 5.56 Å². The van der Waals surface area contributed by atoms with Gasteiger partial charge in [-0.3, -0.25) is 0 Å². The maximum absolute atomic E-state index is 10.5. The Bertz CT molecular complexity index is 436. The minimum absolute atomic E-state index is 0.384. The number of benzene rings is 1. The summed E-state index contributed by atoms with van der Waals surface area (Å²) >= 11 is 0. The van der Waals surface area contributed by atoms with Gasteiger partial charge in [-0.1, -0.05) is 6.07 Å². The van der Waals surface area contributed by atoms with Crippen molar-refractivity contribution in [3.8, 4) is 0 Å². The highest BCUT2D eigenvalue weighted by atomic mass is 16.6. The average molecular weight is 149 g/mol. The molecule has 3 nitrogen and oxygen atoms in total. The third-order valence-electron chi connectivity index (χ3n) is 1.40. The van der Waals surface area contributed by atoms with Crippen LogP contribution >= 0.6 is 0 Å². The normalized spacial score (nSPS) is 10.6. The van der Waals surface area contributed by atoms with Gasteiger partial charge in [0.05, 0.1) is 0 Å². The molecule has 0 aliphatic carbocycles. The number of hydrogen-bond donors (Lipinski definition) is 0. The maximum atomic E-state index is 10.5. The van der Waals surface area contributed by atoms with Crippen LogP contribution in [0, 0.1) is 13.0 Å². The van der Waals surface area contributed by atoms with Gasteiger partial charge in [-0.05, 0) is 18.6 Å². The minimum Gasteiger partial charge on any atom is -0.391 e. The van der Waals surface area contributed by atoms with E-state index in [1.54, 1.807) is 12.1 Å². The Kier molecular flexibility index (Phi) is 1.12. The molecule has 0 N–H and O–H groups in total. The second-order valence-corrected chi connectivity index (χ2v) is 2.29. The van der Waals surface area contributed by atoms with Gasteiger partial charge in [0.1, 0.15) is 0 Å². The highest BCUT2D eigenvalue weighted by Crippen LogP contribution is 2.12. The molecule has 0 saturated heterocycles. The zero-order valence-electron chi connectivity index (χ0n) is 5.88. The zero-order chi connectivity index (χ0) is 7.84. The summed E-state index contributed by atoms with van der Waals surface area (Å²) < 4.78 is 9.34. The van der Waals surface area contributed by atoms with Crippen LogP contribution in [0.3, 0.4) is 0 Å². The van der Waals surface area contributed by atoms with E-state index in [1.807, 2.05) is 6.92 Å². The lowest BCUT2D eigenvalue weighted by molar-refractivity contribution is 0.409. The van der Waals surface area contributed by atoms with Crippen LogP contribution in [0.2, 0.25) is 0 Å². The first kappa shape index (κ1) is 6.22. The second kappa shape index (κ2) is 1.99. The fourth-order valence-corrected chi connectivity index (χ4v) is 0.909. The van der Waals surface area contributed by atoms with E-state index in [2.05, 4.69) is 14.9 Å². The molecule has 2 aromatic rings. The van der Waals surface area contributed by atoms with Gasteiger partial charge in [0.15, 0.2) is 11.2 Å². The molecule has 0 atom stereocenters. The lowest BCUT2D eigenvalue weighted by Gasteiger charge is -1.85. The van der Waals surface area contributed by atoms with Crippen molar-refractivity contribution in [3.05, 3.63) is 34.4 Å². The Labute approximate surface area is 62.2 Å². The molecule has 0 aliphatic rings. The van der Waals surface area contributed by atoms with Gasteiger partial charge < -0.3 is 8.83 Å². The predicted molar refractivity (Wildman–Crippen MR) is 38.3 cm³/mol. The SMILES string of the molecule is Cc1[c]c2oc(=O)oc2cc1. The molecule has 11 heavy (non-hydrogen) atoms. The molecular weight excluding hydrogens is 144 g/mol. The third-order valence-corrected chi connectivity index (χ3v) is 1.40. The molecule has 0 fully saturated rings. The number of hydrogen-bond acceptors (Lipinski definition) is 3. The molecule has 55 valence electrons. The first-order valence-electron chi connectivity index (χ1n) is 3.18. The first-order chi connectivity index (χ1) is 5.25. The fourth-order valence-electron chi connectivity index (χ4n) is 0.909. The summed E-state index contributed by atoms with van der Waals surface area (Å²) in [6, 6.07) is 6.34. The Morgan fingerprint density at radius 2 is 2.18 bits per heavy atom. The van der Waals surface area contributed by atoms with E-state index in [0.717, 1.165) is 5.56 Å². The van der Waals surface area contributed by atoms with Gasteiger partial charge in [-0.15, -0.1) is 0 Å². The van der Waals surface area contributed by atoms with E-state index in [9.17, 15) is 4.79 Å². The van der Waals surface area contributed by atoms with Crippen molar-refractivity contribution in [2.45, 2.75) is 6.92 Å². The van der Waals surface area contributed by atoms with E-state index < -0.39 is 5.82 Å². The van der Waals surface area contributed by atoms with Crippen molar-refractivity contribution in [1.29, 1.82) is 0 Å². The summed E-state index contributed by atoms with van der Waals surface area (Å²) in [5.41, 5.74) is 1.75. The van der Waals surface area contributed by atoms with Gasteiger partial charge in [0.25, 0.3) is 0 Å². The van der Waals surface area contributed by atoms with Gasteiger partial charge in [-0.2, -0.15) is 0 Å². The number of aryl methyl sites for hydroxylation is 1. The summed E-state index contributed by atoms with van der Waals surface area (Å²) in [6.07, 6.45) is 0. The van der Waals surface area contributed by atoms with E-state index >= 15 is 0 Å². The fraction of sp³-hybridized carbons (Fsp3) is 0.125. The zero-order valence-corrected chi connectivity index (χ0v) is 5.88. The van der Waals surface area contributed by atoms with E-state index in [-0.39, 0.29) is 0 Å². The minimum atomic E-state index is -0.679. The van der Waals surface area contributed by atoms with Gasteiger partial charge in [0.2, 0.25) is 0 Å². The molecule has 1 aromatic carbocycles. The lowest BCUT2D eigenvalue weighted by Crippen LogP contribution is -1.84. The smallest absolute Gasteiger partial charge is 0.391 e. The molecule has 3 heteroatoms. The van der Waals surface area contributed by atoms with Crippen LogP contribution in [0.25, 0.3) is 11.2 Å². The third kappa shape index (κ3) is 0.941. The second-order valence-electron chi connectivity index (χ2n) is 2.29. The molecular formula is C8H5O3. The molecule has 0 saturated carbocycles.